The Morgan fingerprint density at radius 3 is 0.722 bits per heavy atom. The molecule has 0 aromatic heterocycles. The van der Waals surface area contributed by atoms with Crippen LogP contribution in [0.4, 0.5) is 0 Å². The van der Waals surface area contributed by atoms with E-state index >= 15 is 0 Å². The van der Waals surface area contributed by atoms with Gasteiger partial charge in [-0.15, -0.1) is 24.0 Å². The zero-order valence-corrected chi connectivity index (χ0v) is 24.3. The molecule has 0 saturated carbocycles. The van der Waals surface area contributed by atoms with E-state index in [4.69, 9.17) is 11.6 Å². The predicted molar refractivity (Wildman–Crippen MR) is 145 cm³/mol. The molecule has 0 spiro atoms. The average Bonchev–Trinajstić information content (AvgIpc) is 3.74. The molecule has 0 fully saturated rings. The largest absolute Gasteiger partial charge is 2.00 e. The van der Waals surface area contributed by atoms with Crippen LogP contribution in [0.3, 0.4) is 0 Å². The first-order valence-corrected chi connectivity index (χ1v) is 11.0. The molecule has 190 valence electrons. The summed E-state index contributed by atoms with van der Waals surface area (Å²) in [4.78, 5) is -0.559. The Balaban J connectivity index is 0. The first-order valence-electron chi connectivity index (χ1n) is 10.7. The molecule has 0 bridgehead atoms. The summed E-state index contributed by atoms with van der Waals surface area (Å²) in [6.07, 6.45) is 0. The summed E-state index contributed by atoms with van der Waals surface area (Å²) in [7, 11) is 0. The summed E-state index contributed by atoms with van der Waals surface area (Å²) in [6.45, 7) is 0. The monoisotopic (exact) mass is 638 g/mol. The van der Waals surface area contributed by atoms with Gasteiger partial charge >= 0.3 is 51.2 Å². The third-order valence-corrected chi connectivity index (χ3v) is 5.50. The van der Waals surface area contributed by atoms with Gasteiger partial charge in [-0.2, -0.15) is 108 Å². The van der Waals surface area contributed by atoms with E-state index in [1.807, 2.05) is 127 Å². The Kier molecular flexibility index (Phi) is 21.6. The zero-order valence-electron chi connectivity index (χ0n) is 19.4. The molecule has 36 heavy (non-hydrogen) atoms. The van der Waals surface area contributed by atoms with Gasteiger partial charge in [0, 0.05) is 0 Å². The number of hydrogen-bond donors (Lipinski definition) is 0. The predicted octanol–water partition coefficient (Wildman–Crippen LogP) is 9.00. The summed E-state index contributed by atoms with van der Waals surface area (Å²) in [6, 6.07) is 54.6. The van der Waals surface area contributed by atoms with E-state index in [0.29, 0.717) is 0 Å². The zero-order chi connectivity index (χ0) is 22.3. The average molecular weight is 639 g/mol. The Bertz CT molecular complexity index is 905. The smallest absolute Gasteiger partial charge is 0.214 e. The molecule has 0 N–H and O–H groups in total. The van der Waals surface area contributed by atoms with Gasteiger partial charge in [0.15, 0.2) is 0 Å². The number of halogens is 2. The standard InChI is InChI=1S/C16H12Cl.3C5H5.ClH.3Fe/c17-16(13-7-1-2-8-13,14-9-3-4-10-14)15-11-5-6-12-15;3*1-2-4-5-3-1;;;;/h1-12H;3*1-5H;1H;;;/q-3;3*-1;;3*+2. The fourth-order valence-corrected chi connectivity index (χ4v) is 3.65. The van der Waals surface area contributed by atoms with E-state index in [2.05, 4.69) is 36.4 Å². The fourth-order valence-electron chi connectivity index (χ4n) is 3.27. The first kappa shape index (κ1) is 36.4. The van der Waals surface area contributed by atoms with Gasteiger partial charge in [-0.3, -0.25) is 0 Å². The molecule has 6 aromatic carbocycles. The van der Waals surface area contributed by atoms with E-state index in [-0.39, 0.29) is 63.6 Å². The number of rotatable bonds is 3. The fraction of sp³-hybridized carbons (Fsp3) is 0.0323. The van der Waals surface area contributed by atoms with Gasteiger partial charge in [-0.05, 0) is 4.87 Å². The summed E-state index contributed by atoms with van der Waals surface area (Å²) < 4.78 is 0. The maximum absolute atomic E-state index is 6.94. The number of alkyl halides is 1. The summed E-state index contributed by atoms with van der Waals surface area (Å²) in [5, 5.41) is 0. The van der Waals surface area contributed by atoms with Gasteiger partial charge in [0.25, 0.3) is 0 Å². The molecule has 0 unspecified atom stereocenters. The third kappa shape index (κ3) is 11.5. The van der Waals surface area contributed by atoms with Crippen molar-refractivity contribution in [1.29, 1.82) is 0 Å². The molecule has 0 saturated heterocycles. The molecule has 0 amide bonds. The van der Waals surface area contributed by atoms with Crippen LogP contribution in [0.5, 0.6) is 0 Å². The van der Waals surface area contributed by atoms with Crippen LogP contribution in [-0.4, -0.2) is 0 Å². The SMILES string of the molecule is Cl.ClC([c-]1cccc1)([c-]1cccc1)[c-]1cccc1.[Fe+2].[Fe+2].[Fe+2].c1cc[cH-]c1.c1cc[cH-]c1.c1cc[cH-]c1. The molecule has 6 aromatic rings. The Hall–Kier alpha value is -1.76. The van der Waals surface area contributed by atoms with E-state index < -0.39 is 4.87 Å². The van der Waals surface area contributed by atoms with Crippen molar-refractivity contribution in [3.05, 3.63) is 180 Å². The van der Waals surface area contributed by atoms with Gasteiger partial charge in [0.1, 0.15) is 0 Å². The van der Waals surface area contributed by atoms with Crippen LogP contribution in [-0.2, 0) is 56.1 Å². The van der Waals surface area contributed by atoms with Crippen LogP contribution in [0.1, 0.15) is 16.7 Å². The minimum atomic E-state index is -0.559. The molecular formula is C31H28Cl2Fe3. The second-order valence-electron chi connectivity index (χ2n) is 7.07. The maximum atomic E-state index is 6.94. The minimum Gasteiger partial charge on any atom is -0.214 e. The van der Waals surface area contributed by atoms with Crippen LogP contribution in [0.25, 0.3) is 0 Å². The molecule has 0 atom stereocenters. The summed E-state index contributed by atoms with van der Waals surface area (Å²) >= 11 is 6.94. The van der Waals surface area contributed by atoms with E-state index in [0.717, 1.165) is 16.7 Å². The molecular weight excluding hydrogens is 611 g/mol. The third-order valence-electron chi connectivity index (χ3n) is 4.85. The molecule has 5 heteroatoms. The van der Waals surface area contributed by atoms with Crippen molar-refractivity contribution in [3.63, 3.8) is 0 Å². The van der Waals surface area contributed by atoms with E-state index in [9.17, 15) is 0 Å². The second-order valence-corrected chi connectivity index (χ2v) is 7.63. The first-order chi connectivity index (χ1) is 15.8. The van der Waals surface area contributed by atoms with Crippen molar-refractivity contribution < 1.29 is 51.2 Å². The van der Waals surface area contributed by atoms with Crippen molar-refractivity contribution in [2.24, 2.45) is 0 Å². The van der Waals surface area contributed by atoms with Gasteiger partial charge in [-0.1, -0.05) is 0 Å². The van der Waals surface area contributed by atoms with Gasteiger partial charge in [0.05, 0.1) is 0 Å². The van der Waals surface area contributed by atoms with Crippen LogP contribution >= 0.6 is 24.0 Å². The molecule has 0 radical (unpaired) electrons. The van der Waals surface area contributed by atoms with Gasteiger partial charge in [0.2, 0.25) is 0 Å². The van der Waals surface area contributed by atoms with Crippen molar-refractivity contribution in [1.82, 2.24) is 0 Å². The van der Waals surface area contributed by atoms with Crippen molar-refractivity contribution in [3.8, 4) is 0 Å². The molecule has 0 aliphatic heterocycles. The Morgan fingerprint density at radius 2 is 0.583 bits per heavy atom. The maximum Gasteiger partial charge on any atom is 2.00 e. The quantitative estimate of drug-likeness (QED) is 0.103. The number of hydrogen-bond acceptors (Lipinski definition) is 0. The molecule has 0 aliphatic carbocycles. The normalized spacial score (nSPS) is 8.92. The summed E-state index contributed by atoms with van der Waals surface area (Å²) in [5.41, 5.74) is 3.37. The van der Waals surface area contributed by atoms with Crippen molar-refractivity contribution >= 4 is 24.0 Å². The van der Waals surface area contributed by atoms with E-state index in [1.165, 1.54) is 0 Å². The second kappa shape index (κ2) is 21.3. The molecule has 6 rings (SSSR count). The van der Waals surface area contributed by atoms with Crippen LogP contribution < -0.4 is 0 Å². The molecule has 0 nitrogen and oxygen atoms in total. The topological polar surface area (TPSA) is 0 Å². The Morgan fingerprint density at radius 1 is 0.389 bits per heavy atom. The van der Waals surface area contributed by atoms with Crippen molar-refractivity contribution in [2.75, 3.05) is 0 Å². The van der Waals surface area contributed by atoms with Gasteiger partial charge in [-0.25, -0.2) is 72.8 Å². The summed E-state index contributed by atoms with van der Waals surface area (Å²) in [5.74, 6) is 0. The van der Waals surface area contributed by atoms with Gasteiger partial charge < -0.3 is 0 Å². The van der Waals surface area contributed by atoms with Crippen LogP contribution in [0.15, 0.2) is 164 Å². The van der Waals surface area contributed by atoms with Crippen LogP contribution in [0.2, 0.25) is 0 Å². The van der Waals surface area contributed by atoms with Crippen molar-refractivity contribution in [2.45, 2.75) is 4.87 Å². The molecule has 0 heterocycles. The minimum absolute atomic E-state index is 0. The van der Waals surface area contributed by atoms with E-state index in [1.54, 1.807) is 0 Å². The molecule has 0 aliphatic rings. The van der Waals surface area contributed by atoms with Crippen LogP contribution in [0, 0.1) is 0 Å². The Labute approximate surface area is 258 Å².